The lowest BCUT2D eigenvalue weighted by molar-refractivity contribution is 0.394. The molecule has 1 atom stereocenters. The van der Waals surface area contributed by atoms with Crippen molar-refractivity contribution < 1.29 is 4.39 Å². The summed E-state index contributed by atoms with van der Waals surface area (Å²) in [5.41, 5.74) is 3.33. The maximum absolute atomic E-state index is 14.6. The third-order valence-corrected chi connectivity index (χ3v) is 6.24. The third-order valence-electron chi connectivity index (χ3n) is 5.01. The summed E-state index contributed by atoms with van der Waals surface area (Å²) >= 11 is 9.43. The standard InChI is InChI=1S/C20H21BrClFN2/c1-12-10-20(2,3)25(4)19-9-18(23)13(7-15(12)19)11-24-14-5-6-16(21)17(22)8-14/h5-9,11-12H,10H2,1-4H3. The first-order valence-corrected chi connectivity index (χ1v) is 9.42. The summed E-state index contributed by atoms with van der Waals surface area (Å²) in [6.45, 7) is 6.58. The molecule has 1 aliphatic rings. The molecule has 1 aliphatic heterocycles. The monoisotopic (exact) mass is 422 g/mol. The molecule has 0 aromatic heterocycles. The van der Waals surface area contributed by atoms with Crippen LogP contribution in [0.2, 0.25) is 5.02 Å². The smallest absolute Gasteiger partial charge is 0.134 e. The predicted octanol–water partition coefficient (Wildman–Crippen LogP) is 6.71. The van der Waals surface area contributed by atoms with E-state index in [2.05, 4.69) is 46.6 Å². The molecule has 0 radical (unpaired) electrons. The lowest BCUT2D eigenvalue weighted by Gasteiger charge is -2.45. The Morgan fingerprint density at radius 1 is 1.32 bits per heavy atom. The number of aliphatic imine (C=N–C) groups is 1. The van der Waals surface area contributed by atoms with Crippen molar-refractivity contribution >= 4 is 45.1 Å². The van der Waals surface area contributed by atoms with Crippen molar-refractivity contribution in [3.05, 3.63) is 56.8 Å². The average molecular weight is 424 g/mol. The molecule has 2 aromatic carbocycles. The van der Waals surface area contributed by atoms with Gasteiger partial charge in [-0.1, -0.05) is 18.5 Å². The maximum Gasteiger partial charge on any atom is 0.134 e. The molecule has 0 saturated heterocycles. The van der Waals surface area contributed by atoms with Crippen molar-refractivity contribution in [2.45, 2.75) is 38.6 Å². The minimum Gasteiger partial charge on any atom is -0.369 e. The maximum atomic E-state index is 14.6. The van der Waals surface area contributed by atoms with Crippen molar-refractivity contribution in [3.63, 3.8) is 0 Å². The van der Waals surface area contributed by atoms with Crippen LogP contribution in [0, 0.1) is 5.82 Å². The fraction of sp³-hybridized carbons (Fsp3) is 0.350. The molecule has 132 valence electrons. The molecule has 0 fully saturated rings. The quantitative estimate of drug-likeness (QED) is 0.490. The Kier molecular flexibility index (Phi) is 4.95. The molecule has 2 aromatic rings. The number of halogens is 3. The average Bonchev–Trinajstić information content (AvgIpc) is 2.54. The fourth-order valence-corrected chi connectivity index (χ4v) is 3.83. The van der Waals surface area contributed by atoms with Crippen LogP contribution in [-0.2, 0) is 0 Å². The predicted molar refractivity (Wildman–Crippen MR) is 108 cm³/mol. The van der Waals surface area contributed by atoms with E-state index in [-0.39, 0.29) is 11.4 Å². The Labute approximate surface area is 161 Å². The number of fused-ring (bicyclic) bond motifs is 1. The normalized spacial score (nSPS) is 19.3. The first kappa shape index (κ1) is 18.4. The van der Waals surface area contributed by atoms with Gasteiger partial charge in [-0.05, 0) is 78.0 Å². The molecule has 0 bridgehead atoms. The first-order chi connectivity index (χ1) is 11.7. The van der Waals surface area contributed by atoms with Gasteiger partial charge in [-0.3, -0.25) is 4.99 Å². The van der Waals surface area contributed by atoms with Gasteiger partial charge >= 0.3 is 0 Å². The Morgan fingerprint density at radius 3 is 2.72 bits per heavy atom. The zero-order chi connectivity index (χ0) is 18.4. The van der Waals surface area contributed by atoms with Crippen LogP contribution in [0.15, 0.2) is 39.8 Å². The zero-order valence-corrected chi connectivity index (χ0v) is 17.1. The second kappa shape index (κ2) is 6.73. The molecule has 1 heterocycles. The number of nitrogens with zero attached hydrogens (tertiary/aromatic N) is 2. The van der Waals surface area contributed by atoms with Crippen LogP contribution in [0.25, 0.3) is 0 Å². The molecule has 0 saturated carbocycles. The largest absolute Gasteiger partial charge is 0.369 e. The fourth-order valence-electron chi connectivity index (χ4n) is 3.41. The topological polar surface area (TPSA) is 15.6 Å². The second-order valence-corrected chi connectivity index (χ2v) is 8.53. The van der Waals surface area contributed by atoms with Crippen LogP contribution in [0.1, 0.15) is 44.2 Å². The highest BCUT2D eigenvalue weighted by Gasteiger charge is 2.34. The van der Waals surface area contributed by atoms with E-state index in [1.807, 2.05) is 25.2 Å². The molecule has 25 heavy (non-hydrogen) atoms. The minimum atomic E-state index is -0.262. The molecule has 0 aliphatic carbocycles. The van der Waals surface area contributed by atoms with Gasteiger partial charge in [0.2, 0.25) is 0 Å². The highest BCUT2D eigenvalue weighted by atomic mass is 79.9. The molecule has 1 unspecified atom stereocenters. The summed E-state index contributed by atoms with van der Waals surface area (Å²) in [4.78, 5) is 6.54. The number of benzene rings is 2. The minimum absolute atomic E-state index is 0.0165. The van der Waals surface area contributed by atoms with Crippen LogP contribution in [0.3, 0.4) is 0 Å². The number of anilines is 1. The van der Waals surface area contributed by atoms with Crippen molar-refractivity contribution in [2.24, 2.45) is 4.99 Å². The van der Waals surface area contributed by atoms with E-state index in [0.29, 0.717) is 22.2 Å². The molecular formula is C20H21BrClFN2. The number of rotatable bonds is 2. The Balaban J connectivity index is 1.98. The molecule has 2 nitrogen and oxygen atoms in total. The third kappa shape index (κ3) is 3.61. The van der Waals surface area contributed by atoms with Gasteiger partial charge in [0, 0.05) is 34.5 Å². The van der Waals surface area contributed by atoms with Crippen LogP contribution in [0.4, 0.5) is 15.8 Å². The van der Waals surface area contributed by atoms with Gasteiger partial charge in [-0.2, -0.15) is 0 Å². The van der Waals surface area contributed by atoms with Crippen molar-refractivity contribution in [1.82, 2.24) is 0 Å². The van der Waals surface area contributed by atoms with E-state index in [1.54, 1.807) is 18.3 Å². The number of hydrogen-bond donors (Lipinski definition) is 0. The molecule has 5 heteroatoms. The van der Waals surface area contributed by atoms with Gasteiger partial charge in [-0.15, -0.1) is 0 Å². The van der Waals surface area contributed by atoms with Gasteiger partial charge in [0.05, 0.1) is 10.7 Å². The Morgan fingerprint density at radius 2 is 2.04 bits per heavy atom. The summed E-state index contributed by atoms with van der Waals surface area (Å²) in [6.07, 6.45) is 2.60. The summed E-state index contributed by atoms with van der Waals surface area (Å²) in [5, 5.41) is 0.582. The summed E-state index contributed by atoms with van der Waals surface area (Å²) < 4.78 is 15.4. The lowest BCUT2D eigenvalue weighted by atomic mass is 9.80. The first-order valence-electron chi connectivity index (χ1n) is 8.25. The van der Waals surface area contributed by atoms with Crippen LogP contribution in [-0.4, -0.2) is 18.8 Å². The van der Waals surface area contributed by atoms with Gasteiger partial charge < -0.3 is 4.90 Å². The zero-order valence-electron chi connectivity index (χ0n) is 14.8. The second-order valence-electron chi connectivity index (χ2n) is 7.27. The highest BCUT2D eigenvalue weighted by molar-refractivity contribution is 9.10. The van der Waals surface area contributed by atoms with Gasteiger partial charge in [0.1, 0.15) is 5.82 Å². The van der Waals surface area contributed by atoms with E-state index in [0.717, 1.165) is 16.6 Å². The van der Waals surface area contributed by atoms with E-state index >= 15 is 0 Å². The van der Waals surface area contributed by atoms with E-state index < -0.39 is 0 Å². The molecule has 3 rings (SSSR count). The van der Waals surface area contributed by atoms with E-state index in [4.69, 9.17) is 11.6 Å². The highest BCUT2D eigenvalue weighted by Crippen LogP contribution is 2.43. The molecule has 0 spiro atoms. The van der Waals surface area contributed by atoms with Gasteiger partial charge in [0.15, 0.2) is 0 Å². The van der Waals surface area contributed by atoms with Crippen molar-refractivity contribution in [2.75, 3.05) is 11.9 Å². The summed E-state index contributed by atoms with van der Waals surface area (Å²) in [6, 6.07) is 8.96. The lowest BCUT2D eigenvalue weighted by Crippen LogP contribution is -2.45. The molecular weight excluding hydrogens is 403 g/mol. The molecule has 0 N–H and O–H groups in total. The summed E-state index contributed by atoms with van der Waals surface area (Å²) in [5.74, 6) is 0.110. The van der Waals surface area contributed by atoms with E-state index in [1.165, 1.54) is 5.56 Å². The molecule has 0 amide bonds. The Hall–Kier alpha value is -1.39. The van der Waals surface area contributed by atoms with Gasteiger partial charge in [-0.25, -0.2) is 4.39 Å². The van der Waals surface area contributed by atoms with Crippen molar-refractivity contribution in [1.29, 1.82) is 0 Å². The van der Waals surface area contributed by atoms with Crippen LogP contribution < -0.4 is 4.90 Å². The number of hydrogen-bond acceptors (Lipinski definition) is 2. The van der Waals surface area contributed by atoms with Crippen LogP contribution >= 0.6 is 27.5 Å². The Bertz CT molecular complexity index is 848. The summed E-state index contributed by atoms with van der Waals surface area (Å²) in [7, 11) is 2.03. The van der Waals surface area contributed by atoms with Crippen LogP contribution in [0.5, 0.6) is 0 Å². The SMILES string of the molecule is CC1CC(C)(C)N(C)c2cc(F)c(C=Nc3ccc(Br)c(Cl)c3)cc21. The van der Waals surface area contributed by atoms with Gasteiger partial charge in [0.25, 0.3) is 0 Å². The van der Waals surface area contributed by atoms with Crippen molar-refractivity contribution in [3.8, 4) is 0 Å². The van der Waals surface area contributed by atoms with E-state index in [9.17, 15) is 4.39 Å².